The largest absolute Gasteiger partial charge is 0.347 e. The van der Waals surface area contributed by atoms with Gasteiger partial charge in [-0.25, -0.2) is 8.42 Å². The summed E-state index contributed by atoms with van der Waals surface area (Å²) in [5.41, 5.74) is 0.201. The van der Waals surface area contributed by atoms with Crippen molar-refractivity contribution in [2.75, 3.05) is 5.75 Å². The summed E-state index contributed by atoms with van der Waals surface area (Å²) in [6.45, 7) is 2.17. The zero-order chi connectivity index (χ0) is 16.2. The molecule has 0 aliphatic carbocycles. The zero-order valence-corrected chi connectivity index (χ0v) is 15.2. The van der Waals surface area contributed by atoms with Crippen LogP contribution in [0, 0.1) is 0 Å². The van der Waals surface area contributed by atoms with Gasteiger partial charge in [-0.3, -0.25) is 4.79 Å². The molecule has 0 aliphatic heterocycles. The molecule has 0 spiro atoms. The highest BCUT2D eigenvalue weighted by Gasteiger charge is 2.21. The van der Waals surface area contributed by atoms with E-state index in [2.05, 4.69) is 21.2 Å². The van der Waals surface area contributed by atoms with E-state index in [0.29, 0.717) is 13.0 Å². The van der Waals surface area contributed by atoms with Crippen LogP contribution in [0.5, 0.6) is 0 Å². The van der Waals surface area contributed by atoms with E-state index in [1.807, 2.05) is 12.1 Å². The number of hydrogen-bond donors (Lipinski definition) is 1. The number of carbonyl (C=O) groups excluding carboxylic acids is 1. The van der Waals surface area contributed by atoms with Crippen molar-refractivity contribution in [3.8, 4) is 0 Å². The molecule has 0 atom stereocenters. The summed E-state index contributed by atoms with van der Waals surface area (Å²) in [4.78, 5) is 13.4. The smallest absolute Gasteiger partial charge is 0.252 e. The lowest BCUT2D eigenvalue weighted by Gasteiger charge is -2.10. The fourth-order valence-corrected chi connectivity index (χ4v) is 4.98. The van der Waals surface area contributed by atoms with Gasteiger partial charge in [0.15, 0.2) is 9.84 Å². The number of amides is 1. The van der Waals surface area contributed by atoms with Crippen molar-refractivity contribution >= 4 is 43.0 Å². The average Bonchev–Trinajstić information content (AvgIpc) is 2.90. The van der Waals surface area contributed by atoms with Gasteiger partial charge in [0.1, 0.15) is 0 Å². The monoisotopic (exact) mass is 401 g/mol. The van der Waals surface area contributed by atoms with Crippen LogP contribution in [0.3, 0.4) is 0 Å². The van der Waals surface area contributed by atoms with Crippen LogP contribution in [0.4, 0.5) is 0 Å². The maximum atomic E-state index is 12.3. The minimum Gasteiger partial charge on any atom is -0.347 e. The number of sulfone groups is 1. The standard InChI is InChI=1S/C15H16BrNO3S2/c1-2-9-22(19,20)13-6-4-3-5-12(13)15(18)17-10-11-7-8-14(16)21-11/h3-8H,2,9-10H2,1H3,(H,17,18). The maximum absolute atomic E-state index is 12.3. The molecule has 0 bridgehead atoms. The summed E-state index contributed by atoms with van der Waals surface area (Å²) in [7, 11) is -3.43. The summed E-state index contributed by atoms with van der Waals surface area (Å²) in [6.07, 6.45) is 0.515. The fraction of sp³-hybridized carbons (Fsp3) is 0.267. The molecule has 118 valence electrons. The number of nitrogens with one attached hydrogen (secondary N) is 1. The first kappa shape index (κ1) is 17.2. The molecular formula is C15H16BrNO3S2. The molecule has 2 rings (SSSR count). The molecule has 0 fully saturated rings. The molecule has 1 N–H and O–H groups in total. The molecule has 4 nitrogen and oxygen atoms in total. The highest BCUT2D eigenvalue weighted by molar-refractivity contribution is 9.11. The Morgan fingerprint density at radius 1 is 1.23 bits per heavy atom. The van der Waals surface area contributed by atoms with Crippen molar-refractivity contribution in [3.05, 3.63) is 50.6 Å². The number of hydrogen-bond acceptors (Lipinski definition) is 4. The van der Waals surface area contributed by atoms with Crippen molar-refractivity contribution < 1.29 is 13.2 Å². The van der Waals surface area contributed by atoms with E-state index in [9.17, 15) is 13.2 Å². The predicted molar refractivity (Wildman–Crippen MR) is 92.0 cm³/mol. The van der Waals surface area contributed by atoms with Gasteiger partial charge in [0.2, 0.25) is 0 Å². The number of halogens is 1. The van der Waals surface area contributed by atoms with Gasteiger partial charge in [0.05, 0.1) is 26.5 Å². The van der Waals surface area contributed by atoms with Crippen LogP contribution in [0.2, 0.25) is 0 Å². The minimum atomic E-state index is -3.43. The molecule has 0 saturated carbocycles. The predicted octanol–water partition coefficient (Wildman–Crippen LogP) is 3.62. The third kappa shape index (κ3) is 4.18. The van der Waals surface area contributed by atoms with Crippen molar-refractivity contribution in [2.45, 2.75) is 24.8 Å². The SMILES string of the molecule is CCCS(=O)(=O)c1ccccc1C(=O)NCc1ccc(Br)s1. The third-order valence-corrected chi connectivity index (χ3v) is 6.59. The fourth-order valence-electron chi connectivity index (χ4n) is 2.01. The molecule has 1 aromatic carbocycles. The summed E-state index contributed by atoms with van der Waals surface area (Å²) < 4.78 is 25.5. The van der Waals surface area contributed by atoms with Crippen LogP contribution in [-0.2, 0) is 16.4 Å². The van der Waals surface area contributed by atoms with E-state index in [-0.39, 0.29) is 22.1 Å². The third-order valence-electron chi connectivity index (χ3n) is 2.99. The zero-order valence-electron chi connectivity index (χ0n) is 12.0. The Bertz CT molecular complexity index is 769. The molecule has 1 amide bonds. The highest BCUT2D eigenvalue weighted by Crippen LogP contribution is 2.22. The first-order valence-electron chi connectivity index (χ1n) is 6.78. The number of benzene rings is 1. The molecule has 0 radical (unpaired) electrons. The summed E-state index contributed by atoms with van der Waals surface area (Å²) >= 11 is 4.89. The second kappa shape index (κ2) is 7.39. The van der Waals surface area contributed by atoms with Gasteiger partial charge in [-0.1, -0.05) is 19.1 Å². The molecule has 7 heteroatoms. The number of thiophene rings is 1. The lowest BCUT2D eigenvalue weighted by molar-refractivity contribution is 0.0948. The van der Waals surface area contributed by atoms with E-state index >= 15 is 0 Å². The van der Waals surface area contributed by atoms with Gasteiger partial charge in [-0.2, -0.15) is 0 Å². The van der Waals surface area contributed by atoms with Crippen LogP contribution < -0.4 is 5.32 Å². The van der Waals surface area contributed by atoms with E-state index in [4.69, 9.17) is 0 Å². The first-order valence-corrected chi connectivity index (χ1v) is 10.0. The molecule has 0 saturated heterocycles. The van der Waals surface area contributed by atoms with E-state index in [1.54, 1.807) is 25.1 Å². The molecule has 1 aromatic heterocycles. The van der Waals surface area contributed by atoms with E-state index in [0.717, 1.165) is 8.66 Å². The summed E-state index contributed by atoms with van der Waals surface area (Å²) in [5, 5.41) is 2.77. The molecule has 22 heavy (non-hydrogen) atoms. The van der Waals surface area contributed by atoms with Crippen LogP contribution >= 0.6 is 27.3 Å². The lowest BCUT2D eigenvalue weighted by atomic mass is 10.2. The second-order valence-corrected chi connectivity index (χ2v) is 9.33. The normalized spacial score (nSPS) is 11.4. The molecule has 0 aliphatic rings. The van der Waals surface area contributed by atoms with Crippen molar-refractivity contribution in [1.82, 2.24) is 5.32 Å². The molecule has 2 aromatic rings. The Balaban J connectivity index is 2.19. The van der Waals surface area contributed by atoms with Crippen molar-refractivity contribution in [1.29, 1.82) is 0 Å². The van der Waals surface area contributed by atoms with Crippen molar-refractivity contribution in [2.24, 2.45) is 0 Å². The summed E-state index contributed by atoms with van der Waals surface area (Å²) in [5.74, 6) is -0.338. The van der Waals surface area contributed by atoms with E-state index < -0.39 is 9.84 Å². The number of carbonyl (C=O) groups is 1. The maximum Gasteiger partial charge on any atom is 0.252 e. The Morgan fingerprint density at radius 3 is 2.59 bits per heavy atom. The highest BCUT2D eigenvalue weighted by atomic mass is 79.9. The topological polar surface area (TPSA) is 63.2 Å². The molecule has 0 unspecified atom stereocenters. The van der Waals surface area contributed by atoms with Gasteiger partial charge >= 0.3 is 0 Å². The van der Waals surface area contributed by atoms with Crippen LogP contribution in [0.15, 0.2) is 45.1 Å². The van der Waals surface area contributed by atoms with Gasteiger partial charge in [0.25, 0.3) is 5.91 Å². The summed E-state index contributed by atoms with van der Waals surface area (Å²) in [6, 6.07) is 10.2. The minimum absolute atomic E-state index is 0.0369. The second-order valence-electron chi connectivity index (χ2n) is 4.70. The Hall–Kier alpha value is -1.18. The quantitative estimate of drug-likeness (QED) is 0.803. The van der Waals surface area contributed by atoms with Gasteiger partial charge in [-0.15, -0.1) is 11.3 Å². The Morgan fingerprint density at radius 2 is 1.95 bits per heavy atom. The molecule has 1 heterocycles. The van der Waals surface area contributed by atoms with Crippen LogP contribution in [0.1, 0.15) is 28.6 Å². The number of rotatable bonds is 6. The first-order chi connectivity index (χ1) is 10.4. The lowest BCUT2D eigenvalue weighted by Crippen LogP contribution is -2.24. The van der Waals surface area contributed by atoms with Gasteiger partial charge in [-0.05, 0) is 46.6 Å². The van der Waals surface area contributed by atoms with Crippen LogP contribution in [-0.4, -0.2) is 20.1 Å². The van der Waals surface area contributed by atoms with Crippen molar-refractivity contribution in [3.63, 3.8) is 0 Å². The average molecular weight is 402 g/mol. The van der Waals surface area contributed by atoms with E-state index in [1.165, 1.54) is 17.4 Å². The van der Waals surface area contributed by atoms with Gasteiger partial charge in [0, 0.05) is 4.88 Å². The van der Waals surface area contributed by atoms with Gasteiger partial charge < -0.3 is 5.32 Å². The molecular weight excluding hydrogens is 386 g/mol. The Kier molecular flexibility index (Phi) is 5.77. The van der Waals surface area contributed by atoms with Crippen LogP contribution in [0.25, 0.3) is 0 Å². The Labute approximate surface area is 142 Å².